The van der Waals surface area contributed by atoms with Gasteiger partial charge in [-0.3, -0.25) is 0 Å². The number of hydrogen-bond donors (Lipinski definition) is 0. The van der Waals surface area contributed by atoms with Crippen LogP contribution in [0.3, 0.4) is 0 Å². The first kappa shape index (κ1) is 19.6. The van der Waals surface area contributed by atoms with E-state index in [9.17, 15) is 8.42 Å². The Balaban J connectivity index is 1.54. The number of aryl methyl sites for hydroxylation is 1. The predicted molar refractivity (Wildman–Crippen MR) is 109 cm³/mol. The lowest BCUT2D eigenvalue weighted by Crippen LogP contribution is -2.30. The van der Waals surface area contributed by atoms with E-state index < -0.39 is 10.0 Å². The molecule has 2 heterocycles. The first-order valence-electron chi connectivity index (χ1n) is 10.7. The quantitative estimate of drug-likeness (QED) is 0.666. The monoisotopic (exact) mass is 402 g/mol. The van der Waals surface area contributed by atoms with Gasteiger partial charge in [-0.1, -0.05) is 43.5 Å². The lowest BCUT2D eigenvalue weighted by molar-refractivity contribution is 0.343. The van der Waals surface area contributed by atoms with E-state index in [1.807, 2.05) is 18.2 Å². The molecule has 1 aliphatic heterocycles. The second kappa shape index (κ2) is 8.37. The van der Waals surface area contributed by atoms with Crippen LogP contribution in [0.1, 0.15) is 87.3 Å². The molecule has 4 rings (SSSR count). The number of benzene rings is 1. The summed E-state index contributed by atoms with van der Waals surface area (Å²) in [4.78, 5) is 0.385. The summed E-state index contributed by atoms with van der Waals surface area (Å²) < 4.78 is 33.6. The van der Waals surface area contributed by atoms with Gasteiger partial charge in [-0.2, -0.15) is 4.31 Å². The third-order valence-electron chi connectivity index (χ3n) is 6.18. The zero-order chi connectivity index (χ0) is 19.6. The normalized spacial score (nSPS) is 22.0. The largest absolute Gasteiger partial charge is 0.361 e. The Kier molecular flexibility index (Phi) is 5.88. The van der Waals surface area contributed by atoms with Gasteiger partial charge in [-0.05, 0) is 55.7 Å². The molecule has 6 heteroatoms. The molecule has 152 valence electrons. The van der Waals surface area contributed by atoms with Gasteiger partial charge in [-0.25, -0.2) is 8.42 Å². The van der Waals surface area contributed by atoms with E-state index in [2.05, 4.69) is 12.1 Å². The first-order valence-corrected chi connectivity index (χ1v) is 12.1. The summed E-state index contributed by atoms with van der Waals surface area (Å²) in [5.74, 6) is 1.41. The predicted octanol–water partition coefficient (Wildman–Crippen LogP) is 5.20. The van der Waals surface area contributed by atoms with Crippen molar-refractivity contribution in [2.24, 2.45) is 0 Å². The van der Waals surface area contributed by atoms with Crippen molar-refractivity contribution in [3.63, 3.8) is 0 Å². The summed E-state index contributed by atoms with van der Waals surface area (Å²) in [6.45, 7) is 2.62. The number of nitrogens with zero attached hydrogens (tertiary/aromatic N) is 2. The van der Waals surface area contributed by atoms with E-state index in [4.69, 9.17) is 4.52 Å². The van der Waals surface area contributed by atoms with Crippen LogP contribution in [-0.2, 0) is 16.4 Å². The highest BCUT2D eigenvalue weighted by molar-refractivity contribution is 7.89. The van der Waals surface area contributed by atoms with E-state index in [1.54, 1.807) is 16.4 Å². The van der Waals surface area contributed by atoms with Crippen LogP contribution in [0.2, 0.25) is 0 Å². The van der Waals surface area contributed by atoms with Gasteiger partial charge in [0.25, 0.3) is 0 Å². The minimum absolute atomic E-state index is 0.225. The van der Waals surface area contributed by atoms with Gasteiger partial charge in [0.1, 0.15) is 11.5 Å². The van der Waals surface area contributed by atoms with Crippen molar-refractivity contribution >= 4 is 10.0 Å². The second-order valence-electron chi connectivity index (χ2n) is 8.15. The molecule has 5 nitrogen and oxygen atoms in total. The fourth-order valence-corrected chi connectivity index (χ4v) is 6.33. The van der Waals surface area contributed by atoms with Gasteiger partial charge < -0.3 is 4.52 Å². The van der Waals surface area contributed by atoms with E-state index in [0.717, 1.165) is 37.1 Å². The highest BCUT2D eigenvalue weighted by Crippen LogP contribution is 2.37. The Morgan fingerprint density at radius 2 is 1.82 bits per heavy atom. The van der Waals surface area contributed by atoms with Crippen LogP contribution in [0.25, 0.3) is 0 Å². The molecule has 2 fully saturated rings. The Bertz CT molecular complexity index is 883. The third kappa shape index (κ3) is 3.90. The van der Waals surface area contributed by atoms with Crippen LogP contribution >= 0.6 is 0 Å². The van der Waals surface area contributed by atoms with Gasteiger partial charge in [-0.15, -0.1) is 0 Å². The van der Waals surface area contributed by atoms with Crippen molar-refractivity contribution in [3.05, 3.63) is 47.3 Å². The maximum absolute atomic E-state index is 13.3. The molecule has 28 heavy (non-hydrogen) atoms. The maximum Gasteiger partial charge on any atom is 0.243 e. The summed E-state index contributed by atoms with van der Waals surface area (Å²) in [6.07, 6.45) is 9.75. The third-order valence-corrected chi connectivity index (χ3v) is 8.10. The second-order valence-corrected chi connectivity index (χ2v) is 10.0. The number of sulfonamides is 1. The molecule has 2 aromatic rings. The average molecular weight is 403 g/mol. The molecule has 0 unspecified atom stereocenters. The summed E-state index contributed by atoms with van der Waals surface area (Å²) in [6, 6.07) is 9.32. The van der Waals surface area contributed by atoms with Crippen molar-refractivity contribution < 1.29 is 12.9 Å². The molecule has 0 spiro atoms. The maximum atomic E-state index is 13.3. The van der Waals surface area contributed by atoms with Gasteiger partial charge in [0, 0.05) is 19.0 Å². The van der Waals surface area contributed by atoms with Crippen LogP contribution in [0.5, 0.6) is 0 Å². The van der Waals surface area contributed by atoms with Crippen molar-refractivity contribution in [3.8, 4) is 0 Å². The van der Waals surface area contributed by atoms with Gasteiger partial charge in [0.05, 0.1) is 10.9 Å². The number of rotatable bonds is 6. The number of hydrogen-bond acceptors (Lipinski definition) is 4. The van der Waals surface area contributed by atoms with Crippen LogP contribution in [0.15, 0.2) is 39.8 Å². The average Bonchev–Trinajstić information content (AvgIpc) is 3.39. The summed E-state index contributed by atoms with van der Waals surface area (Å²) in [5.41, 5.74) is 2.01. The Hall–Kier alpha value is -1.66. The van der Waals surface area contributed by atoms with Crippen LogP contribution < -0.4 is 0 Å². The van der Waals surface area contributed by atoms with Crippen LogP contribution in [0, 0.1) is 0 Å². The molecule has 2 aliphatic rings. The van der Waals surface area contributed by atoms with Crippen LogP contribution in [-0.4, -0.2) is 24.4 Å². The fraction of sp³-hybridized carbons (Fsp3) is 0.591. The van der Waals surface area contributed by atoms with Crippen molar-refractivity contribution in [2.75, 3.05) is 6.54 Å². The molecule has 0 N–H and O–H groups in total. The Labute approximate surface area is 168 Å². The Morgan fingerprint density at radius 3 is 2.54 bits per heavy atom. The molecule has 1 saturated carbocycles. The number of aromatic nitrogens is 1. The molecule has 1 aromatic carbocycles. The molecule has 1 saturated heterocycles. The fourth-order valence-electron chi connectivity index (χ4n) is 4.66. The van der Waals surface area contributed by atoms with E-state index in [1.165, 1.54) is 37.7 Å². The standard InChI is InChI=1S/C22H30N2O3S/c1-2-7-19-16-21(23-27-19)22-10-6-15-24(22)28(25,26)20-13-11-18(12-14-20)17-8-4-3-5-9-17/h11-14,16-17,22H,2-10,15H2,1H3/t22-/m0/s1. The molecule has 1 aromatic heterocycles. The van der Waals surface area contributed by atoms with Crippen molar-refractivity contribution in [1.82, 2.24) is 9.46 Å². The lowest BCUT2D eigenvalue weighted by Gasteiger charge is -2.24. The van der Waals surface area contributed by atoms with Crippen LogP contribution in [0.4, 0.5) is 0 Å². The van der Waals surface area contributed by atoms with E-state index >= 15 is 0 Å². The smallest absolute Gasteiger partial charge is 0.243 e. The summed E-state index contributed by atoms with van der Waals surface area (Å²) in [7, 11) is -3.53. The highest BCUT2D eigenvalue weighted by Gasteiger charge is 2.38. The van der Waals surface area contributed by atoms with E-state index in [0.29, 0.717) is 17.4 Å². The lowest BCUT2D eigenvalue weighted by atomic mass is 9.84. The molecule has 0 radical (unpaired) electrons. The van der Waals surface area contributed by atoms with Crippen molar-refractivity contribution in [1.29, 1.82) is 0 Å². The topological polar surface area (TPSA) is 63.4 Å². The van der Waals surface area contributed by atoms with Gasteiger partial charge in [0.2, 0.25) is 10.0 Å². The zero-order valence-electron chi connectivity index (χ0n) is 16.6. The summed E-state index contributed by atoms with van der Waals surface area (Å²) in [5, 5.41) is 4.17. The minimum Gasteiger partial charge on any atom is -0.361 e. The summed E-state index contributed by atoms with van der Waals surface area (Å²) >= 11 is 0. The van der Waals surface area contributed by atoms with Crippen molar-refractivity contribution in [2.45, 2.75) is 81.6 Å². The SMILES string of the molecule is CCCc1cc([C@@H]2CCCN2S(=O)(=O)c2ccc(C3CCCCC3)cc2)no1. The van der Waals surface area contributed by atoms with E-state index in [-0.39, 0.29) is 6.04 Å². The Morgan fingerprint density at radius 1 is 1.07 bits per heavy atom. The van der Waals surface area contributed by atoms with Gasteiger partial charge in [0.15, 0.2) is 0 Å². The molecule has 0 bridgehead atoms. The van der Waals surface area contributed by atoms with Gasteiger partial charge >= 0.3 is 0 Å². The molecule has 0 amide bonds. The molecule has 1 aliphatic carbocycles. The molecule has 1 atom stereocenters. The first-order chi connectivity index (χ1) is 13.6. The zero-order valence-corrected chi connectivity index (χ0v) is 17.5. The minimum atomic E-state index is -3.53. The highest BCUT2D eigenvalue weighted by atomic mass is 32.2. The molecular formula is C22H30N2O3S. The molecular weight excluding hydrogens is 372 g/mol.